The first-order valence-electron chi connectivity index (χ1n) is 11.4. The van der Waals surface area contributed by atoms with Gasteiger partial charge in [-0.25, -0.2) is 0 Å². The van der Waals surface area contributed by atoms with Gasteiger partial charge in [0, 0.05) is 12.5 Å². The van der Waals surface area contributed by atoms with E-state index < -0.39 is 0 Å². The average Bonchev–Trinajstić information content (AvgIpc) is 3.25. The fraction of sp³-hybridized carbons (Fsp3) is 0.519. The summed E-state index contributed by atoms with van der Waals surface area (Å²) in [5, 5.41) is 0. The summed E-state index contributed by atoms with van der Waals surface area (Å²) in [6.07, 6.45) is 3.70. The summed E-state index contributed by atoms with van der Waals surface area (Å²) in [7, 11) is 0. The summed E-state index contributed by atoms with van der Waals surface area (Å²) in [5.74, 6) is 0.590. The third kappa shape index (κ3) is 4.32. The molecule has 2 aromatic rings. The molecule has 0 unspecified atom stereocenters. The zero-order valence-corrected chi connectivity index (χ0v) is 18.4. The molecule has 2 fully saturated rings. The predicted molar refractivity (Wildman–Crippen MR) is 119 cm³/mol. The van der Waals surface area contributed by atoms with Crippen molar-refractivity contribution >= 4 is 5.97 Å². The molecule has 3 nitrogen and oxygen atoms in total. The first-order chi connectivity index (χ1) is 14.5. The molecule has 1 aliphatic carbocycles. The summed E-state index contributed by atoms with van der Waals surface area (Å²) in [4.78, 5) is 13.3. The lowest BCUT2D eigenvalue weighted by Crippen LogP contribution is -2.44. The SMILES string of the molecule is C[C@@H]1CC[C@@H](C(C)(C)c2ccccc2)[C@H](OC(=O)[C@@H]2CCO[C@H]2c2ccccc2)C1. The molecule has 0 bridgehead atoms. The molecule has 0 radical (unpaired) electrons. The third-order valence-electron chi connectivity index (χ3n) is 7.29. The average molecular weight is 407 g/mol. The summed E-state index contributed by atoms with van der Waals surface area (Å²) in [6.45, 7) is 7.49. The van der Waals surface area contributed by atoms with Crippen LogP contribution in [0.1, 0.15) is 63.7 Å². The minimum absolute atomic E-state index is 0.0443. The van der Waals surface area contributed by atoms with Crippen molar-refractivity contribution in [2.24, 2.45) is 17.8 Å². The van der Waals surface area contributed by atoms with Gasteiger partial charge in [0.2, 0.25) is 0 Å². The van der Waals surface area contributed by atoms with Crippen LogP contribution in [0.3, 0.4) is 0 Å². The van der Waals surface area contributed by atoms with Crippen molar-refractivity contribution in [1.82, 2.24) is 0 Å². The number of esters is 1. The molecule has 3 heteroatoms. The first-order valence-corrected chi connectivity index (χ1v) is 11.4. The molecule has 0 spiro atoms. The molecule has 1 aliphatic heterocycles. The Kier molecular flexibility index (Phi) is 6.29. The minimum atomic E-state index is -0.217. The van der Waals surface area contributed by atoms with Gasteiger partial charge in [0.05, 0.1) is 12.0 Å². The third-order valence-corrected chi connectivity index (χ3v) is 7.29. The van der Waals surface area contributed by atoms with Crippen LogP contribution < -0.4 is 0 Å². The zero-order valence-electron chi connectivity index (χ0n) is 18.4. The van der Waals surface area contributed by atoms with Crippen LogP contribution in [0.4, 0.5) is 0 Å². The summed E-state index contributed by atoms with van der Waals surface area (Å²) in [6, 6.07) is 20.7. The second-order valence-corrected chi connectivity index (χ2v) is 9.69. The maximum atomic E-state index is 13.3. The van der Waals surface area contributed by atoms with Crippen molar-refractivity contribution in [2.75, 3.05) is 6.61 Å². The quantitative estimate of drug-likeness (QED) is 0.564. The summed E-state index contributed by atoms with van der Waals surface area (Å²) >= 11 is 0. The molecule has 1 saturated heterocycles. The predicted octanol–water partition coefficient (Wildman–Crippen LogP) is 6.09. The Labute approximate surface area is 180 Å². The molecule has 2 aliphatic rings. The van der Waals surface area contributed by atoms with Crippen LogP contribution in [0.2, 0.25) is 0 Å². The lowest BCUT2D eigenvalue weighted by molar-refractivity contribution is -0.163. The van der Waals surface area contributed by atoms with E-state index in [1.165, 1.54) is 12.0 Å². The van der Waals surface area contributed by atoms with E-state index in [0.29, 0.717) is 18.4 Å². The van der Waals surface area contributed by atoms with Gasteiger partial charge in [0.1, 0.15) is 6.10 Å². The lowest BCUT2D eigenvalue weighted by atomic mass is 9.64. The molecule has 2 aromatic carbocycles. The fourth-order valence-corrected chi connectivity index (χ4v) is 5.41. The molecule has 160 valence electrons. The van der Waals surface area contributed by atoms with E-state index >= 15 is 0 Å². The highest BCUT2D eigenvalue weighted by Gasteiger charge is 2.44. The Morgan fingerprint density at radius 2 is 1.63 bits per heavy atom. The van der Waals surface area contributed by atoms with Crippen LogP contribution in [0.25, 0.3) is 0 Å². The monoisotopic (exact) mass is 406 g/mol. The number of rotatable bonds is 5. The molecule has 0 N–H and O–H groups in total. The van der Waals surface area contributed by atoms with Crippen LogP contribution in [0.15, 0.2) is 60.7 Å². The Hall–Kier alpha value is -2.13. The maximum absolute atomic E-state index is 13.3. The van der Waals surface area contributed by atoms with E-state index in [9.17, 15) is 4.79 Å². The molecular weight excluding hydrogens is 372 g/mol. The van der Waals surface area contributed by atoms with Crippen LogP contribution in [-0.4, -0.2) is 18.7 Å². The first kappa shape index (κ1) is 21.1. The van der Waals surface area contributed by atoms with Crippen molar-refractivity contribution < 1.29 is 14.3 Å². The second kappa shape index (κ2) is 8.93. The largest absolute Gasteiger partial charge is 0.462 e. The van der Waals surface area contributed by atoms with Crippen molar-refractivity contribution in [1.29, 1.82) is 0 Å². The van der Waals surface area contributed by atoms with Gasteiger partial charge in [-0.15, -0.1) is 0 Å². The Balaban J connectivity index is 1.52. The van der Waals surface area contributed by atoms with Crippen molar-refractivity contribution in [3.05, 3.63) is 71.8 Å². The molecule has 5 atom stereocenters. The van der Waals surface area contributed by atoms with Crippen LogP contribution in [0.5, 0.6) is 0 Å². The number of ether oxygens (including phenoxy) is 2. The Bertz CT molecular complexity index is 830. The summed E-state index contributed by atoms with van der Waals surface area (Å²) in [5.41, 5.74) is 2.34. The number of carbonyl (C=O) groups is 1. The van der Waals surface area contributed by atoms with E-state index in [1.54, 1.807) is 0 Å². The van der Waals surface area contributed by atoms with Crippen LogP contribution in [0, 0.1) is 17.8 Å². The normalized spacial score (nSPS) is 29.5. The van der Waals surface area contributed by atoms with Gasteiger partial charge < -0.3 is 9.47 Å². The Morgan fingerprint density at radius 1 is 0.967 bits per heavy atom. The van der Waals surface area contributed by atoms with E-state index in [0.717, 1.165) is 24.8 Å². The highest BCUT2D eigenvalue weighted by atomic mass is 16.6. The Morgan fingerprint density at radius 3 is 2.33 bits per heavy atom. The van der Waals surface area contributed by atoms with E-state index in [1.807, 2.05) is 30.3 Å². The van der Waals surface area contributed by atoms with Gasteiger partial charge in [-0.1, -0.05) is 87.9 Å². The standard InChI is InChI=1S/C27H34O3/c1-19-14-15-23(27(2,3)21-12-8-5-9-13-21)24(18-19)30-26(28)22-16-17-29-25(22)20-10-6-4-7-11-20/h4-13,19,22-25H,14-18H2,1-3H3/t19-,22-,23-,24-,25+/m1/s1. The number of benzene rings is 2. The van der Waals surface area contributed by atoms with Gasteiger partial charge in [0.15, 0.2) is 0 Å². The number of hydrogen-bond acceptors (Lipinski definition) is 3. The fourth-order valence-electron chi connectivity index (χ4n) is 5.41. The summed E-state index contributed by atoms with van der Waals surface area (Å²) < 4.78 is 12.2. The van der Waals surface area contributed by atoms with Crippen molar-refractivity contribution in [3.63, 3.8) is 0 Å². The minimum Gasteiger partial charge on any atom is -0.462 e. The van der Waals surface area contributed by atoms with Gasteiger partial charge in [-0.05, 0) is 41.7 Å². The smallest absolute Gasteiger partial charge is 0.312 e. The highest BCUT2D eigenvalue weighted by molar-refractivity contribution is 5.74. The van der Waals surface area contributed by atoms with Crippen LogP contribution in [-0.2, 0) is 19.7 Å². The molecule has 4 rings (SSSR count). The molecule has 1 saturated carbocycles. The van der Waals surface area contributed by atoms with Crippen molar-refractivity contribution in [2.45, 2.75) is 64.1 Å². The maximum Gasteiger partial charge on any atom is 0.312 e. The molecular formula is C27H34O3. The topological polar surface area (TPSA) is 35.5 Å². The molecule has 1 heterocycles. The number of hydrogen-bond donors (Lipinski definition) is 0. The number of carbonyl (C=O) groups excluding carboxylic acids is 1. The highest BCUT2D eigenvalue weighted by Crippen LogP contribution is 2.44. The van der Waals surface area contributed by atoms with E-state index in [-0.39, 0.29) is 29.5 Å². The van der Waals surface area contributed by atoms with Crippen molar-refractivity contribution in [3.8, 4) is 0 Å². The van der Waals surface area contributed by atoms with E-state index in [2.05, 4.69) is 51.1 Å². The second-order valence-electron chi connectivity index (χ2n) is 9.69. The van der Waals surface area contributed by atoms with Gasteiger partial charge >= 0.3 is 5.97 Å². The molecule has 0 aromatic heterocycles. The molecule has 0 amide bonds. The molecule has 30 heavy (non-hydrogen) atoms. The lowest BCUT2D eigenvalue weighted by Gasteiger charge is -2.44. The van der Waals surface area contributed by atoms with E-state index in [4.69, 9.17) is 9.47 Å². The van der Waals surface area contributed by atoms with Gasteiger partial charge in [0.25, 0.3) is 0 Å². The van der Waals surface area contributed by atoms with Gasteiger partial charge in [-0.2, -0.15) is 0 Å². The zero-order chi connectivity index (χ0) is 21.1. The van der Waals surface area contributed by atoms with Gasteiger partial charge in [-0.3, -0.25) is 4.79 Å². The van der Waals surface area contributed by atoms with Crippen LogP contribution >= 0.6 is 0 Å².